The van der Waals surface area contributed by atoms with Crippen LogP contribution in [0.5, 0.6) is 0 Å². The van der Waals surface area contributed by atoms with E-state index in [2.05, 4.69) is 27.7 Å². The normalized spacial score (nSPS) is 38.2. The van der Waals surface area contributed by atoms with Crippen LogP contribution in [-0.4, -0.2) is 0 Å². The van der Waals surface area contributed by atoms with Gasteiger partial charge in [0.05, 0.1) is 0 Å². The highest BCUT2D eigenvalue weighted by molar-refractivity contribution is 4.86. The zero-order chi connectivity index (χ0) is 11.8. The molecule has 0 aliphatic heterocycles. The highest BCUT2D eigenvalue weighted by atomic mass is 14.4. The van der Waals surface area contributed by atoms with Gasteiger partial charge in [0, 0.05) is 0 Å². The van der Waals surface area contributed by atoms with Gasteiger partial charge in [0.2, 0.25) is 0 Å². The molecular weight excluding hydrogens is 192 g/mol. The van der Waals surface area contributed by atoms with Crippen LogP contribution in [0.25, 0.3) is 0 Å². The van der Waals surface area contributed by atoms with Crippen molar-refractivity contribution in [3.05, 3.63) is 0 Å². The second-order valence-electron chi connectivity index (χ2n) is 8.00. The first-order valence-corrected chi connectivity index (χ1v) is 7.38. The molecule has 0 amide bonds. The summed E-state index contributed by atoms with van der Waals surface area (Å²) in [5.41, 5.74) is 1.25. The van der Waals surface area contributed by atoms with E-state index in [4.69, 9.17) is 0 Å². The second kappa shape index (κ2) is 4.35. The largest absolute Gasteiger partial charge is 0.0599 e. The fourth-order valence-electron chi connectivity index (χ4n) is 3.79. The average Bonchev–Trinajstić information content (AvgIpc) is 2.40. The second-order valence-corrected chi connectivity index (χ2v) is 8.00. The standard InChI is InChI=1S/C16H30/c1-15(2)9-5-13-7-11-16(3,4)12-8-14(13)6-10-15/h13-14H,5-12H2,1-4H3. The molecule has 0 aromatic heterocycles. The Kier molecular flexibility index (Phi) is 3.39. The first kappa shape index (κ1) is 12.5. The molecule has 0 atom stereocenters. The Morgan fingerprint density at radius 3 is 1.06 bits per heavy atom. The summed E-state index contributed by atoms with van der Waals surface area (Å²) in [5, 5.41) is 0. The van der Waals surface area contributed by atoms with Crippen LogP contribution >= 0.6 is 0 Å². The summed E-state index contributed by atoms with van der Waals surface area (Å²) < 4.78 is 0. The van der Waals surface area contributed by atoms with Crippen LogP contribution in [0.2, 0.25) is 0 Å². The van der Waals surface area contributed by atoms with Crippen LogP contribution in [0.4, 0.5) is 0 Å². The van der Waals surface area contributed by atoms with Crippen molar-refractivity contribution in [2.75, 3.05) is 0 Å². The van der Waals surface area contributed by atoms with Crippen molar-refractivity contribution in [1.29, 1.82) is 0 Å². The van der Waals surface area contributed by atoms with E-state index in [1.54, 1.807) is 0 Å². The molecule has 2 saturated carbocycles. The molecule has 0 N–H and O–H groups in total. The Morgan fingerprint density at radius 2 is 0.812 bits per heavy atom. The lowest BCUT2D eigenvalue weighted by Gasteiger charge is -2.24. The van der Waals surface area contributed by atoms with E-state index >= 15 is 0 Å². The number of rotatable bonds is 0. The third-order valence-corrected chi connectivity index (χ3v) is 5.43. The lowest BCUT2D eigenvalue weighted by molar-refractivity contribution is 0.281. The molecule has 0 spiro atoms. The highest BCUT2D eigenvalue weighted by Gasteiger charge is 2.35. The van der Waals surface area contributed by atoms with Gasteiger partial charge in [0.15, 0.2) is 0 Å². The van der Waals surface area contributed by atoms with Crippen LogP contribution in [0.3, 0.4) is 0 Å². The van der Waals surface area contributed by atoms with E-state index in [0.29, 0.717) is 10.8 Å². The predicted octanol–water partition coefficient (Wildman–Crippen LogP) is 5.42. The van der Waals surface area contributed by atoms with E-state index in [-0.39, 0.29) is 0 Å². The van der Waals surface area contributed by atoms with Gasteiger partial charge >= 0.3 is 0 Å². The summed E-state index contributed by atoms with van der Waals surface area (Å²) >= 11 is 0. The smallest absolute Gasteiger partial charge is 0.0354 e. The van der Waals surface area contributed by atoms with Gasteiger partial charge in [0.25, 0.3) is 0 Å². The Bertz CT molecular complexity index is 190. The van der Waals surface area contributed by atoms with E-state index in [9.17, 15) is 0 Å². The number of fused-ring (bicyclic) bond motifs is 1. The lowest BCUT2D eigenvalue weighted by Crippen LogP contribution is -2.11. The molecule has 16 heavy (non-hydrogen) atoms. The molecule has 0 nitrogen and oxygen atoms in total. The summed E-state index contributed by atoms with van der Waals surface area (Å²) in [6, 6.07) is 0. The SMILES string of the molecule is CC1(C)CCC2CCC(C)(C)CCC2CC1. The van der Waals surface area contributed by atoms with Gasteiger partial charge in [-0.3, -0.25) is 0 Å². The molecule has 0 saturated heterocycles. The Labute approximate surface area is 102 Å². The average molecular weight is 222 g/mol. The molecule has 2 fully saturated rings. The van der Waals surface area contributed by atoms with Crippen LogP contribution in [0, 0.1) is 22.7 Å². The Morgan fingerprint density at radius 1 is 0.562 bits per heavy atom. The molecule has 2 rings (SSSR count). The van der Waals surface area contributed by atoms with Gasteiger partial charge in [-0.1, -0.05) is 27.7 Å². The van der Waals surface area contributed by atoms with Crippen LogP contribution in [0.15, 0.2) is 0 Å². The fraction of sp³-hybridized carbons (Fsp3) is 1.00. The van der Waals surface area contributed by atoms with Crippen molar-refractivity contribution in [1.82, 2.24) is 0 Å². The van der Waals surface area contributed by atoms with E-state index in [1.807, 2.05) is 0 Å². The molecule has 0 heterocycles. The van der Waals surface area contributed by atoms with Crippen molar-refractivity contribution < 1.29 is 0 Å². The minimum atomic E-state index is 0.627. The third kappa shape index (κ3) is 3.02. The van der Waals surface area contributed by atoms with Crippen molar-refractivity contribution in [2.24, 2.45) is 22.7 Å². The Hall–Kier alpha value is 0. The van der Waals surface area contributed by atoms with Gasteiger partial charge in [-0.2, -0.15) is 0 Å². The van der Waals surface area contributed by atoms with Crippen molar-refractivity contribution in [2.45, 2.75) is 79.1 Å². The van der Waals surface area contributed by atoms with E-state index in [1.165, 1.54) is 51.4 Å². The monoisotopic (exact) mass is 222 g/mol. The first-order valence-electron chi connectivity index (χ1n) is 7.38. The maximum Gasteiger partial charge on any atom is -0.0354 e. The molecule has 0 radical (unpaired) electrons. The first-order chi connectivity index (χ1) is 7.38. The molecule has 0 heteroatoms. The highest BCUT2D eigenvalue weighted by Crippen LogP contribution is 2.47. The minimum absolute atomic E-state index is 0.627. The molecular formula is C16H30. The van der Waals surface area contributed by atoms with Crippen molar-refractivity contribution in [3.63, 3.8) is 0 Å². The molecule has 2 aliphatic rings. The van der Waals surface area contributed by atoms with Crippen LogP contribution < -0.4 is 0 Å². The Balaban J connectivity index is 2.02. The van der Waals surface area contributed by atoms with E-state index in [0.717, 1.165) is 11.8 Å². The summed E-state index contributed by atoms with van der Waals surface area (Å²) in [6.07, 6.45) is 11.9. The molecule has 0 aromatic rings. The van der Waals surface area contributed by atoms with Crippen molar-refractivity contribution >= 4 is 0 Å². The molecule has 0 unspecified atom stereocenters. The molecule has 0 bridgehead atoms. The summed E-state index contributed by atoms with van der Waals surface area (Å²) in [6.45, 7) is 9.90. The molecule has 2 aliphatic carbocycles. The molecule has 94 valence electrons. The summed E-state index contributed by atoms with van der Waals surface area (Å²) in [7, 11) is 0. The quantitative estimate of drug-likeness (QED) is 0.513. The number of hydrogen-bond acceptors (Lipinski definition) is 0. The fourth-order valence-corrected chi connectivity index (χ4v) is 3.79. The van der Waals surface area contributed by atoms with Crippen molar-refractivity contribution in [3.8, 4) is 0 Å². The summed E-state index contributed by atoms with van der Waals surface area (Å²) in [5.74, 6) is 2.12. The van der Waals surface area contributed by atoms with E-state index < -0.39 is 0 Å². The van der Waals surface area contributed by atoms with Gasteiger partial charge in [0.1, 0.15) is 0 Å². The zero-order valence-corrected chi connectivity index (χ0v) is 11.8. The maximum atomic E-state index is 2.47. The lowest BCUT2D eigenvalue weighted by atomic mass is 9.82. The van der Waals surface area contributed by atoms with Crippen LogP contribution in [-0.2, 0) is 0 Å². The minimum Gasteiger partial charge on any atom is -0.0599 e. The van der Waals surface area contributed by atoms with Gasteiger partial charge < -0.3 is 0 Å². The zero-order valence-electron chi connectivity index (χ0n) is 11.8. The summed E-state index contributed by atoms with van der Waals surface area (Å²) in [4.78, 5) is 0. The maximum absolute atomic E-state index is 2.47. The van der Waals surface area contributed by atoms with Gasteiger partial charge in [-0.25, -0.2) is 0 Å². The predicted molar refractivity (Wildman–Crippen MR) is 71.5 cm³/mol. The van der Waals surface area contributed by atoms with Gasteiger partial charge in [-0.15, -0.1) is 0 Å². The topological polar surface area (TPSA) is 0 Å². The number of hydrogen-bond donors (Lipinski definition) is 0. The van der Waals surface area contributed by atoms with Crippen LogP contribution in [0.1, 0.15) is 79.1 Å². The molecule has 0 aromatic carbocycles. The van der Waals surface area contributed by atoms with Gasteiger partial charge in [-0.05, 0) is 74.0 Å². The third-order valence-electron chi connectivity index (χ3n) is 5.43.